The zero-order valence-electron chi connectivity index (χ0n) is 9.90. The van der Waals surface area contributed by atoms with E-state index in [0.717, 1.165) is 29.5 Å². The lowest BCUT2D eigenvalue weighted by molar-refractivity contribution is -0.134. The first-order chi connectivity index (χ1) is 8.40. The molecule has 1 aromatic heterocycles. The Balaban J connectivity index is 2.11. The number of carboxylic acid groups (broad SMARTS) is 1. The lowest BCUT2D eigenvalue weighted by Crippen LogP contribution is -2.32. The van der Waals surface area contributed by atoms with Gasteiger partial charge in [0.05, 0.1) is 6.54 Å². The number of hydrogen-bond acceptors (Lipinski definition) is 5. The van der Waals surface area contributed by atoms with Gasteiger partial charge in [0.15, 0.2) is 5.75 Å². The molecule has 2 heterocycles. The molecule has 18 heavy (non-hydrogen) atoms. The molecular formula is C9H14N4O4S. The van der Waals surface area contributed by atoms with Gasteiger partial charge in [0, 0.05) is 20.0 Å². The van der Waals surface area contributed by atoms with Gasteiger partial charge in [0.1, 0.15) is 11.6 Å². The fourth-order valence-electron chi connectivity index (χ4n) is 1.89. The zero-order chi connectivity index (χ0) is 13.3. The monoisotopic (exact) mass is 274 g/mol. The van der Waals surface area contributed by atoms with E-state index in [4.69, 9.17) is 5.11 Å². The molecule has 8 nitrogen and oxygen atoms in total. The van der Waals surface area contributed by atoms with Gasteiger partial charge in [-0.05, 0) is 6.42 Å². The highest BCUT2D eigenvalue weighted by molar-refractivity contribution is 7.89. The summed E-state index contributed by atoms with van der Waals surface area (Å²) in [5.41, 5.74) is 0. The van der Waals surface area contributed by atoms with E-state index in [2.05, 4.69) is 10.2 Å². The average Bonchev–Trinajstić information content (AvgIpc) is 2.80. The van der Waals surface area contributed by atoms with Gasteiger partial charge in [0.25, 0.3) is 0 Å². The molecule has 0 bridgehead atoms. The highest BCUT2D eigenvalue weighted by Gasteiger charge is 2.25. The topological polar surface area (TPSA) is 105 Å². The molecule has 0 unspecified atom stereocenters. The van der Waals surface area contributed by atoms with E-state index < -0.39 is 21.7 Å². The number of carbonyl (C=O) groups is 1. The van der Waals surface area contributed by atoms with Gasteiger partial charge in [-0.25, -0.2) is 8.42 Å². The molecule has 0 amide bonds. The predicted molar refractivity (Wildman–Crippen MR) is 61.2 cm³/mol. The smallest absolute Gasteiger partial charge is 0.320 e. The molecular weight excluding hydrogens is 260 g/mol. The maximum atomic E-state index is 11.7. The van der Waals surface area contributed by atoms with Gasteiger partial charge in [-0.3, -0.25) is 4.79 Å². The van der Waals surface area contributed by atoms with Crippen LogP contribution in [0.5, 0.6) is 0 Å². The summed E-state index contributed by atoms with van der Waals surface area (Å²) in [5, 5.41) is 16.4. The Bertz CT molecular complexity index is 565. The lowest BCUT2D eigenvalue weighted by Gasteiger charge is -2.15. The Kier molecular flexibility index (Phi) is 3.35. The molecule has 9 heteroatoms. The molecule has 1 aliphatic rings. The van der Waals surface area contributed by atoms with Crippen LogP contribution in [0.4, 0.5) is 0 Å². The third-order valence-corrected chi connectivity index (χ3v) is 4.52. The molecule has 1 N–H and O–H groups in total. The van der Waals surface area contributed by atoms with Crippen molar-refractivity contribution in [2.75, 3.05) is 12.8 Å². The molecule has 1 aromatic rings. The van der Waals surface area contributed by atoms with E-state index in [1.54, 1.807) is 0 Å². The largest absolute Gasteiger partial charge is 0.480 e. The van der Waals surface area contributed by atoms with E-state index in [0.29, 0.717) is 5.82 Å². The van der Waals surface area contributed by atoms with Crippen molar-refractivity contribution >= 4 is 16.0 Å². The average molecular weight is 274 g/mol. The molecule has 2 rings (SSSR count). The van der Waals surface area contributed by atoms with Crippen molar-refractivity contribution in [3.05, 3.63) is 11.6 Å². The van der Waals surface area contributed by atoms with Crippen LogP contribution in [0.15, 0.2) is 0 Å². The van der Waals surface area contributed by atoms with Crippen molar-refractivity contribution in [3.8, 4) is 0 Å². The molecule has 0 saturated heterocycles. The van der Waals surface area contributed by atoms with Gasteiger partial charge < -0.3 is 9.67 Å². The molecule has 0 aromatic carbocycles. The van der Waals surface area contributed by atoms with Crippen LogP contribution in [0.3, 0.4) is 0 Å². The third-order valence-electron chi connectivity index (χ3n) is 2.83. The second kappa shape index (κ2) is 4.65. The highest BCUT2D eigenvalue weighted by Crippen LogP contribution is 2.15. The Morgan fingerprint density at radius 1 is 1.50 bits per heavy atom. The van der Waals surface area contributed by atoms with E-state index in [1.165, 1.54) is 7.05 Å². The molecule has 0 radical (unpaired) electrons. The second-order valence-corrected chi connectivity index (χ2v) is 6.27. The number of rotatable bonds is 5. The van der Waals surface area contributed by atoms with E-state index in [1.807, 2.05) is 4.57 Å². The van der Waals surface area contributed by atoms with E-state index in [-0.39, 0.29) is 6.54 Å². The molecule has 0 aliphatic carbocycles. The van der Waals surface area contributed by atoms with Gasteiger partial charge in [0.2, 0.25) is 10.0 Å². The van der Waals surface area contributed by atoms with Gasteiger partial charge in [-0.2, -0.15) is 4.31 Å². The Labute approximate surface area is 104 Å². The number of sulfonamides is 1. The Morgan fingerprint density at radius 3 is 2.89 bits per heavy atom. The van der Waals surface area contributed by atoms with Crippen LogP contribution < -0.4 is 0 Å². The summed E-state index contributed by atoms with van der Waals surface area (Å²) in [6.45, 7) is 0.826. The Hall–Kier alpha value is -1.48. The molecule has 0 atom stereocenters. The minimum atomic E-state index is -3.80. The number of fused-ring (bicyclic) bond motifs is 1. The molecule has 0 spiro atoms. The fraction of sp³-hybridized carbons (Fsp3) is 0.667. The number of nitrogens with zero attached hydrogens (tertiary/aromatic N) is 4. The van der Waals surface area contributed by atoms with Crippen molar-refractivity contribution < 1.29 is 18.3 Å². The number of hydrogen-bond donors (Lipinski definition) is 1. The summed E-state index contributed by atoms with van der Waals surface area (Å²) in [7, 11) is -2.46. The number of aryl methyl sites for hydroxylation is 1. The maximum absolute atomic E-state index is 11.7. The number of aliphatic carboxylic acids is 1. The van der Waals surface area contributed by atoms with Crippen molar-refractivity contribution in [3.63, 3.8) is 0 Å². The minimum Gasteiger partial charge on any atom is -0.480 e. The maximum Gasteiger partial charge on any atom is 0.320 e. The summed E-state index contributed by atoms with van der Waals surface area (Å²) < 4.78 is 26.2. The lowest BCUT2D eigenvalue weighted by atomic mass is 10.4. The molecule has 0 saturated carbocycles. The summed E-state index contributed by atoms with van der Waals surface area (Å²) in [5.74, 6) is -0.869. The van der Waals surface area contributed by atoms with Crippen molar-refractivity contribution in [2.24, 2.45) is 0 Å². The number of carboxylic acids is 1. The van der Waals surface area contributed by atoms with Crippen LogP contribution in [0.25, 0.3) is 0 Å². The van der Waals surface area contributed by atoms with Crippen LogP contribution in [-0.4, -0.2) is 51.4 Å². The SMILES string of the molecule is CN(Cc1nnc2n1CCC2)S(=O)(=O)CC(=O)O. The van der Waals surface area contributed by atoms with E-state index in [9.17, 15) is 13.2 Å². The summed E-state index contributed by atoms with van der Waals surface area (Å²) in [6, 6.07) is 0. The fourth-order valence-corrected chi connectivity index (χ4v) is 2.74. The first-order valence-corrected chi connectivity index (χ1v) is 7.08. The van der Waals surface area contributed by atoms with Crippen molar-refractivity contribution in [2.45, 2.75) is 25.9 Å². The molecule has 1 aliphatic heterocycles. The number of aromatic nitrogens is 3. The first-order valence-electron chi connectivity index (χ1n) is 5.47. The van der Waals surface area contributed by atoms with Crippen LogP contribution in [0.2, 0.25) is 0 Å². The predicted octanol–water partition coefficient (Wildman–Crippen LogP) is -0.929. The van der Waals surface area contributed by atoms with Crippen LogP contribution in [0, 0.1) is 0 Å². The summed E-state index contributed by atoms with van der Waals surface area (Å²) in [4.78, 5) is 10.5. The summed E-state index contributed by atoms with van der Waals surface area (Å²) >= 11 is 0. The minimum absolute atomic E-state index is 0.0443. The summed E-state index contributed by atoms with van der Waals surface area (Å²) in [6.07, 6.45) is 1.82. The van der Waals surface area contributed by atoms with Crippen LogP contribution >= 0.6 is 0 Å². The Morgan fingerprint density at radius 2 is 2.22 bits per heavy atom. The zero-order valence-corrected chi connectivity index (χ0v) is 10.7. The molecule has 0 fully saturated rings. The van der Waals surface area contributed by atoms with Gasteiger partial charge >= 0.3 is 5.97 Å². The first kappa shape index (κ1) is 13.0. The van der Waals surface area contributed by atoms with Crippen molar-refractivity contribution in [1.29, 1.82) is 0 Å². The second-order valence-electron chi connectivity index (χ2n) is 4.19. The van der Waals surface area contributed by atoms with Crippen molar-refractivity contribution in [1.82, 2.24) is 19.1 Å². The van der Waals surface area contributed by atoms with Crippen LogP contribution in [0.1, 0.15) is 18.1 Å². The third kappa shape index (κ3) is 2.51. The van der Waals surface area contributed by atoms with Gasteiger partial charge in [-0.15, -0.1) is 10.2 Å². The quantitative estimate of drug-likeness (QED) is 0.743. The molecule has 100 valence electrons. The standard InChI is InChI=1S/C9H14N4O4S/c1-12(18(16,17)6-9(14)15)5-8-11-10-7-3-2-4-13(7)8/h2-6H2,1H3,(H,14,15). The van der Waals surface area contributed by atoms with Gasteiger partial charge in [-0.1, -0.05) is 0 Å². The van der Waals surface area contributed by atoms with E-state index >= 15 is 0 Å². The highest BCUT2D eigenvalue weighted by atomic mass is 32.2. The normalized spacial score (nSPS) is 15.0. The van der Waals surface area contributed by atoms with Crippen LogP contribution in [-0.2, 0) is 34.3 Å².